The van der Waals surface area contributed by atoms with Crippen LogP contribution in [0.3, 0.4) is 0 Å². The predicted octanol–water partition coefficient (Wildman–Crippen LogP) is 2.91. The van der Waals surface area contributed by atoms with Gasteiger partial charge in [-0.15, -0.1) is 0 Å². The second-order valence-corrected chi connectivity index (χ2v) is 5.05. The van der Waals surface area contributed by atoms with Crippen LogP contribution in [0.15, 0.2) is 16.7 Å². The number of piperidine rings is 1. The largest absolute Gasteiger partial charge is 0.356 e. The van der Waals surface area contributed by atoms with Gasteiger partial charge in [0.05, 0.1) is 5.69 Å². The Morgan fingerprint density at radius 3 is 2.76 bits per heavy atom. The summed E-state index contributed by atoms with van der Waals surface area (Å²) in [5.41, 5.74) is 4.60. The first kappa shape index (κ1) is 10.8. The van der Waals surface area contributed by atoms with Gasteiger partial charge in [-0.05, 0) is 57.0 Å². The summed E-state index contributed by atoms with van der Waals surface area (Å²) in [6, 6.07) is 4.36. The maximum Gasteiger partial charge on any atom is 0.170 e. The van der Waals surface area contributed by atoms with Crippen LogP contribution in [-0.4, -0.2) is 18.2 Å². The lowest BCUT2D eigenvalue weighted by atomic mass is 9.92. The fourth-order valence-electron chi connectivity index (χ4n) is 2.80. The molecule has 90 valence electrons. The molecule has 0 atom stereocenters. The first-order chi connectivity index (χ1) is 8.25. The van der Waals surface area contributed by atoms with E-state index in [0.29, 0.717) is 5.92 Å². The molecule has 1 aliphatic heterocycles. The van der Waals surface area contributed by atoms with Crippen molar-refractivity contribution in [1.29, 1.82) is 0 Å². The van der Waals surface area contributed by atoms with Gasteiger partial charge in [0.25, 0.3) is 0 Å². The first-order valence-electron chi connectivity index (χ1n) is 6.33. The fraction of sp³-hybridized carbons (Fsp3) is 0.500. The van der Waals surface area contributed by atoms with Gasteiger partial charge < -0.3 is 9.84 Å². The number of rotatable bonds is 1. The standard InChI is InChI=1S/C14H18N2O/c1-9-7-10(2)14-12(8-9)13(16-17-14)11-3-5-15-6-4-11/h7-8,11,15H,3-6H2,1-2H3. The van der Waals surface area contributed by atoms with Crippen molar-refractivity contribution in [2.75, 3.05) is 13.1 Å². The molecule has 1 aromatic carbocycles. The number of hydrogen-bond acceptors (Lipinski definition) is 3. The van der Waals surface area contributed by atoms with Crippen LogP contribution < -0.4 is 5.32 Å². The van der Waals surface area contributed by atoms with Crippen LogP contribution in [-0.2, 0) is 0 Å². The fourth-order valence-corrected chi connectivity index (χ4v) is 2.80. The number of aryl methyl sites for hydroxylation is 2. The summed E-state index contributed by atoms with van der Waals surface area (Å²) in [7, 11) is 0. The highest BCUT2D eigenvalue weighted by atomic mass is 16.5. The zero-order chi connectivity index (χ0) is 11.8. The molecule has 1 saturated heterocycles. The van der Waals surface area contributed by atoms with Crippen molar-refractivity contribution in [1.82, 2.24) is 10.5 Å². The van der Waals surface area contributed by atoms with Gasteiger partial charge in [-0.3, -0.25) is 0 Å². The third-order valence-electron chi connectivity index (χ3n) is 3.66. The van der Waals surface area contributed by atoms with E-state index in [-0.39, 0.29) is 0 Å². The zero-order valence-electron chi connectivity index (χ0n) is 10.4. The third kappa shape index (κ3) is 1.84. The Hall–Kier alpha value is -1.35. The summed E-state index contributed by atoms with van der Waals surface area (Å²) >= 11 is 0. The number of nitrogens with zero attached hydrogens (tertiary/aromatic N) is 1. The van der Waals surface area contributed by atoms with Crippen molar-refractivity contribution in [3.63, 3.8) is 0 Å². The quantitative estimate of drug-likeness (QED) is 0.818. The van der Waals surface area contributed by atoms with E-state index in [4.69, 9.17) is 4.52 Å². The van der Waals surface area contributed by atoms with Crippen LogP contribution in [0.25, 0.3) is 11.0 Å². The first-order valence-corrected chi connectivity index (χ1v) is 6.33. The molecular weight excluding hydrogens is 212 g/mol. The summed E-state index contributed by atoms with van der Waals surface area (Å²) in [5.74, 6) is 0.554. The highest BCUT2D eigenvalue weighted by Gasteiger charge is 2.22. The molecule has 1 aromatic heterocycles. The Labute approximate surface area is 101 Å². The molecule has 0 radical (unpaired) electrons. The van der Waals surface area contributed by atoms with Crippen LogP contribution >= 0.6 is 0 Å². The van der Waals surface area contributed by atoms with Gasteiger partial charge in [0.1, 0.15) is 0 Å². The van der Waals surface area contributed by atoms with Crippen LogP contribution in [0.5, 0.6) is 0 Å². The highest BCUT2D eigenvalue weighted by Crippen LogP contribution is 2.32. The zero-order valence-corrected chi connectivity index (χ0v) is 10.4. The molecule has 1 fully saturated rings. The summed E-state index contributed by atoms with van der Waals surface area (Å²) in [6.07, 6.45) is 2.32. The lowest BCUT2D eigenvalue weighted by Crippen LogP contribution is -2.26. The van der Waals surface area contributed by atoms with Crippen molar-refractivity contribution in [2.24, 2.45) is 0 Å². The Morgan fingerprint density at radius 1 is 1.24 bits per heavy atom. The van der Waals surface area contributed by atoms with E-state index in [1.54, 1.807) is 0 Å². The Morgan fingerprint density at radius 2 is 2.00 bits per heavy atom. The van der Waals surface area contributed by atoms with Crippen LogP contribution in [0.1, 0.15) is 35.6 Å². The van der Waals surface area contributed by atoms with E-state index >= 15 is 0 Å². The Bertz CT molecular complexity index is 538. The number of hydrogen-bond donors (Lipinski definition) is 1. The van der Waals surface area contributed by atoms with E-state index in [9.17, 15) is 0 Å². The summed E-state index contributed by atoms with van der Waals surface area (Å²) in [6.45, 7) is 6.39. The van der Waals surface area contributed by atoms with Gasteiger partial charge >= 0.3 is 0 Å². The maximum absolute atomic E-state index is 5.52. The van der Waals surface area contributed by atoms with E-state index in [0.717, 1.165) is 37.2 Å². The molecule has 0 saturated carbocycles. The van der Waals surface area contributed by atoms with Gasteiger partial charge in [-0.2, -0.15) is 0 Å². The lowest BCUT2D eigenvalue weighted by molar-refractivity contribution is 0.403. The molecule has 17 heavy (non-hydrogen) atoms. The number of benzene rings is 1. The summed E-state index contributed by atoms with van der Waals surface area (Å²) < 4.78 is 5.52. The topological polar surface area (TPSA) is 38.1 Å². The molecule has 0 spiro atoms. The molecular formula is C14H18N2O. The van der Waals surface area contributed by atoms with Crippen LogP contribution in [0, 0.1) is 13.8 Å². The minimum Gasteiger partial charge on any atom is -0.356 e. The van der Waals surface area contributed by atoms with Gasteiger partial charge in [-0.25, -0.2) is 0 Å². The van der Waals surface area contributed by atoms with Crippen LogP contribution in [0.4, 0.5) is 0 Å². The molecule has 2 heterocycles. The second-order valence-electron chi connectivity index (χ2n) is 5.05. The molecule has 0 amide bonds. The molecule has 3 rings (SSSR count). The maximum atomic E-state index is 5.52. The van der Waals surface area contributed by atoms with Crippen LogP contribution in [0.2, 0.25) is 0 Å². The molecule has 3 nitrogen and oxygen atoms in total. The van der Waals surface area contributed by atoms with E-state index in [1.165, 1.54) is 16.5 Å². The van der Waals surface area contributed by atoms with Crippen molar-refractivity contribution in [3.8, 4) is 0 Å². The second kappa shape index (κ2) is 4.15. The molecule has 0 bridgehead atoms. The van der Waals surface area contributed by atoms with E-state index in [2.05, 4.69) is 36.5 Å². The molecule has 1 aliphatic rings. The monoisotopic (exact) mass is 230 g/mol. The van der Waals surface area contributed by atoms with E-state index < -0.39 is 0 Å². The van der Waals surface area contributed by atoms with Crippen molar-refractivity contribution in [3.05, 3.63) is 29.0 Å². The molecule has 1 N–H and O–H groups in total. The van der Waals surface area contributed by atoms with Crippen molar-refractivity contribution >= 4 is 11.0 Å². The average molecular weight is 230 g/mol. The SMILES string of the molecule is Cc1cc(C)c2onc(C3CCNCC3)c2c1. The van der Waals surface area contributed by atoms with Gasteiger partial charge in [0, 0.05) is 11.3 Å². The number of fused-ring (bicyclic) bond motifs is 1. The third-order valence-corrected chi connectivity index (χ3v) is 3.66. The normalized spacial score (nSPS) is 17.8. The lowest BCUT2D eigenvalue weighted by Gasteiger charge is -2.20. The van der Waals surface area contributed by atoms with Gasteiger partial charge in [-0.1, -0.05) is 11.2 Å². The minimum atomic E-state index is 0.554. The number of aromatic nitrogens is 1. The molecule has 0 aliphatic carbocycles. The Balaban J connectivity index is 2.10. The number of nitrogens with one attached hydrogen (secondary N) is 1. The summed E-state index contributed by atoms with van der Waals surface area (Å²) in [4.78, 5) is 0. The van der Waals surface area contributed by atoms with Gasteiger partial charge in [0.2, 0.25) is 0 Å². The smallest absolute Gasteiger partial charge is 0.170 e. The predicted molar refractivity (Wildman–Crippen MR) is 68.3 cm³/mol. The molecule has 3 heteroatoms. The van der Waals surface area contributed by atoms with E-state index in [1.807, 2.05) is 0 Å². The average Bonchev–Trinajstić information content (AvgIpc) is 2.74. The van der Waals surface area contributed by atoms with Gasteiger partial charge in [0.15, 0.2) is 5.58 Å². The van der Waals surface area contributed by atoms with Crippen molar-refractivity contribution in [2.45, 2.75) is 32.6 Å². The van der Waals surface area contributed by atoms with Crippen molar-refractivity contribution < 1.29 is 4.52 Å². The molecule has 0 unspecified atom stereocenters. The highest BCUT2D eigenvalue weighted by molar-refractivity contribution is 5.83. The minimum absolute atomic E-state index is 0.554. The Kier molecular flexibility index (Phi) is 2.63. The summed E-state index contributed by atoms with van der Waals surface area (Å²) in [5, 5.41) is 8.92. The molecule has 2 aromatic rings.